The quantitative estimate of drug-likeness (QED) is 0.130. The smallest absolute Gasteiger partial charge is 0.245 e. The molecule has 9 atom stereocenters. The van der Waals surface area contributed by atoms with Gasteiger partial charge in [-0.15, -0.1) is 0 Å². The Morgan fingerprint density at radius 1 is 0.879 bits per heavy atom. The molecule has 0 unspecified atom stereocenters. The van der Waals surface area contributed by atoms with Crippen LogP contribution in [0.25, 0.3) is 0 Å². The Labute approximate surface area is 348 Å². The van der Waals surface area contributed by atoms with Crippen molar-refractivity contribution >= 4 is 23.6 Å². The Balaban J connectivity index is 1.76. The van der Waals surface area contributed by atoms with Crippen LogP contribution in [0.4, 0.5) is 0 Å². The van der Waals surface area contributed by atoms with Crippen molar-refractivity contribution in [3.8, 4) is 0 Å². The number of benzene rings is 2. The standard InChI is InChI=1S/C46H73N5O7/c1-12-32(6)42(50(9)46(55)41(31(4)5)49-45(54)40(47-8)30(2)3)38(56-10)27-39(52)51-25-19-24-37(51)43(57-11)33(7)44(53)48-36(26-34-20-15-13-16-21-34)29-58-28-35-22-17-14-18-23-35/h13-18,20-23,30-33,36-38,40-43,47H,12,19,24-29H2,1-11H3,(H,48,53)(H,49,54)/p+1/t32-,33+,36-,37-,38+,40-,41-,42-,43+/m0/s1. The highest BCUT2D eigenvalue weighted by Crippen LogP contribution is 2.29. The summed E-state index contributed by atoms with van der Waals surface area (Å²) in [7, 11) is 6.80. The van der Waals surface area contributed by atoms with Crippen molar-refractivity contribution in [3.63, 3.8) is 0 Å². The summed E-state index contributed by atoms with van der Waals surface area (Å²) < 4.78 is 16.9. The van der Waals surface area contributed by atoms with E-state index in [1.165, 1.54) is 0 Å². The Hall–Kier alpha value is -3.84. The zero-order chi connectivity index (χ0) is 42.9. The highest BCUT2D eigenvalue weighted by Gasteiger charge is 2.45. The summed E-state index contributed by atoms with van der Waals surface area (Å²) in [6.45, 7) is 15.1. The van der Waals surface area contributed by atoms with Crippen molar-refractivity contribution in [2.75, 3.05) is 41.5 Å². The zero-order valence-electron chi connectivity index (χ0n) is 37.1. The molecule has 0 saturated carbocycles. The van der Waals surface area contributed by atoms with E-state index in [-0.39, 0.29) is 59.9 Å². The first kappa shape index (κ1) is 48.5. The number of hydrogen-bond donors (Lipinski definition) is 3. The molecule has 12 heteroatoms. The first-order chi connectivity index (χ1) is 27.7. The molecule has 58 heavy (non-hydrogen) atoms. The van der Waals surface area contributed by atoms with E-state index < -0.39 is 36.3 Å². The van der Waals surface area contributed by atoms with Crippen LogP contribution < -0.4 is 16.0 Å². The van der Waals surface area contributed by atoms with E-state index in [4.69, 9.17) is 14.2 Å². The lowest BCUT2D eigenvalue weighted by molar-refractivity contribution is -0.160. The predicted octanol–water partition coefficient (Wildman–Crippen LogP) is 4.75. The molecule has 2 aromatic carbocycles. The monoisotopic (exact) mass is 809 g/mol. The van der Waals surface area contributed by atoms with Crippen LogP contribution in [0.5, 0.6) is 0 Å². The molecule has 4 amide bonds. The van der Waals surface area contributed by atoms with Gasteiger partial charge in [-0.25, -0.2) is 0 Å². The van der Waals surface area contributed by atoms with Gasteiger partial charge in [0.1, 0.15) is 25.1 Å². The van der Waals surface area contributed by atoms with Gasteiger partial charge in [-0.05, 0) is 62.1 Å². The van der Waals surface area contributed by atoms with Gasteiger partial charge in [0.15, 0.2) is 6.10 Å². The second-order valence-corrected chi connectivity index (χ2v) is 16.8. The highest BCUT2D eigenvalue weighted by atomic mass is 16.5. The van der Waals surface area contributed by atoms with E-state index >= 15 is 0 Å². The first-order valence-corrected chi connectivity index (χ1v) is 21.3. The average molecular weight is 809 g/mol. The lowest BCUT2D eigenvalue weighted by Crippen LogP contribution is -2.59. The SMILES string of the molecule is CC[C@H](C)[C@@H]([C@@H](CC(=O)N1CCC[C@H]1[C@H]([OH+]C)[C@@H](C)C(=O)N[C@H](COCc1ccccc1)Cc1ccccc1)OC)N(C)C(=O)[C@@H](NC(=O)[C@@H](NC)C(C)C)C(C)C. The van der Waals surface area contributed by atoms with Crippen LogP contribution in [0, 0.1) is 23.7 Å². The summed E-state index contributed by atoms with van der Waals surface area (Å²) in [4.78, 5) is 59.4. The number of likely N-dealkylation sites (N-methyl/N-ethyl adjacent to an activating group) is 2. The van der Waals surface area contributed by atoms with E-state index in [1.807, 2.05) is 100 Å². The molecule has 1 aliphatic heterocycles. The summed E-state index contributed by atoms with van der Waals surface area (Å²) in [5, 5.41) is 9.33. The average Bonchev–Trinajstić information content (AvgIpc) is 3.70. The van der Waals surface area contributed by atoms with Gasteiger partial charge in [0, 0.05) is 20.7 Å². The molecular formula is C46H74N5O7+. The first-order valence-electron chi connectivity index (χ1n) is 21.3. The van der Waals surface area contributed by atoms with Crippen LogP contribution in [-0.4, -0.2) is 122 Å². The van der Waals surface area contributed by atoms with Crippen molar-refractivity contribution in [2.24, 2.45) is 23.7 Å². The molecule has 0 aromatic heterocycles. The number of aliphatic hydroxyl groups is 2. The maximum atomic E-state index is 14.3. The van der Waals surface area contributed by atoms with Crippen molar-refractivity contribution in [2.45, 2.75) is 130 Å². The number of amides is 4. The maximum absolute atomic E-state index is 14.3. The number of nitrogens with zero attached hydrogens (tertiary/aromatic N) is 2. The summed E-state index contributed by atoms with van der Waals surface area (Å²) in [6, 6.07) is 17.9. The molecule has 0 spiro atoms. The van der Waals surface area contributed by atoms with Crippen molar-refractivity contribution < 1.29 is 33.4 Å². The van der Waals surface area contributed by atoms with E-state index in [1.54, 1.807) is 33.2 Å². The Morgan fingerprint density at radius 3 is 2.02 bits per heavy atom. The highest BCUT2D eigenvalue weighted by molar-refractivity contribution is 5.90. The number of hydrogen-bond acceptors (Lipinski definition) is 7. The summed E-state index contributed by atoms with van der Waals surface area (Å²) in [5.74, 6) is -1.32. The number of methoxy groups -OCH3 is 1. The number of nitrogens with one attached hydrogen (secondary N) is 3. The van der Waals surface area contributed by atoms with E-state index in [2.05, 4.69) is 29.8 Å². The van der Waals surface area contributed by atoms with Crippen LogP contribution >= 0.6 is 0 Å². The van der Waals surface area contributed by atoms with E-state index in [0.717, 1.165) is 30.4 Å². The van der Waals surface area contributed by atoms with Gasteiger partial charge in [0.2, 0.25) is 23.6 Å². The number of carbonyl (C=O) groups excluding carboxylic acids is 4. The van der Waals surface area contributed by atoms with Gasteiger partial charge in [-0.1, -0.05) is 109 Å². The Kier molecular flexibility index (Phi) is 20.3. The fraction of sp³-hybridized carbons (Fsp3) is 0.652. The van der Waals surface area contributed by atoms with Gasteiger partial charge < -0.3 is 40.0 Å². The Morgan fingerprint density at radius 2 is 1.48 bits per heavy atom. The van der Waals surface area contributed by atoms with Crippen molar-refractivity contribution in [3.05, 3.63) is 71.8 Å². The van der Waals surface area contributed by atoms with Gasteiger partial charge in [0.25, 0.3) is 0 Å². The van der Waals surface area contributed by atoms with Crippen LogP contribution in [0.1, 0.15) is 85.3 Å². The zero-order valence-corrected chi connectivity index (χ0v) is 37.1. The minimum Gasteiger partial charge on any atom is -0.432 e. The fourth-order valence-electron chi connectivity index (χ4n) is 8.38. The van der Waals surface area contributed by atoms with Gasteiger partial charge >= 0.3 is 0 Å². The lowest BCUT2D eigenvalue weighted by atomic mass is 9.89. The normalized spacial score (nSPS) is 18.5. The van der Waals surface area contributed by atoms with Gasteiger partial charge in [-0.2, -0.15) is 0 Å². The maximum Gasteiger partial charge on any atom is 0.245 e. The van der Waals surface area contributed by atoms with Crippen LogP contribution in [0.3, 0.4) is 0 Å². The molecule has 4 N–H and O–H groups in total. The molecule has 3 rings (SSSR count). The second-order valence-electron chi connectivity index (χ2n) is 16.8. The number of likely N-dealkylation sites (tertiary alicyclic amines) is 1. The molecular weight excluding hydrogens is 735 g/mol. The molecule has 0 bridgehead atoms. The third-order valence-electron chi connectivity index (χ3n) is 11.9. The number of carbonyl (C=O) groups is 4. The second kappa shape index (κ2) is 24.3. The van der Waals surface area contributed by atoms with E-state index in [9.17, 15) is 19.2 Å². The molecule has 1 fully saturated rings. The Bertz CT molecular complexity index is 1540. The number of rotatable bonds is 24. The van der Waals surface area contributed by atoms with Gasteiger partial charge in [-0.3, -0.25) is 19.2 Å². The minimum absolute atomic E-state index is 0.00655. The van der Waals surface area contributed by atoms with Crippen molar-refractivity contribution in [1.29, 1.82) is 0 Å². The minimum atomic E-state index is -0.753. The molecule has 324 valence electrons. The van der Waals surface area contributed by atoms with Gasteiger partial charge in [0.05, 0.1) is 43.9 Å². The lowest BCUT2D eigenvalue weighted by Gasteiger charge is -2.40. The molecule has 2 aromatic rings. The summed E-state index contributed by atoms with van der Waals surface area (Å²) in [6.07, 6.45) is 1.92. The molecule has 1 saturated heterocycles. The molecule has 12 nitrogen and oxygen atoms in total. The van der Waals surface area contributed by atoms with Crippen LogP contribution in [-0.2, 0) is 41.7 Å². The molecule has 0 radical (unpaired) electrons. The predicted molar refractivity (Wildman–Crippen MR) is 230 cm³/mol. The third kappa shape index (κ3) is 13.6. The molecule has 1 aliphatic rings. The fourth-order valence-corrected chi connectivity index (χ4v) is 8.38. The largest absolute Gasteiger partial charge is 0.432 e. The third-order valence-corrected chi connectivity index (χ3v) is 11.9. The van der Waals surface area contributed by atoms with Crippen LogP contribution in [0.15, 0.2) is 60.7 Å². The molecule has 1 heterocycles. The van der Waals surface area contributed by atoms with E-state index in [0.29, 0.717) is 26.2 Å². The van der Waals surface area contributed by atoms with Crippen LogP contribution in [0.2, 0.25) is 0 Å². The summed E-state index contributed by atoms with van der Waals surface area (Å²) >= 11 is 0. The topological polar surface area (TPSA) is 142 Å². The summed E-state index contributed by atoms with van der Waals surface area (Å²) in [5.41, 5.74) is 2.16. The molecule has 0 aliphatic carbocycles. The van der Waals surface area contributed by atoms with Crippen molar-refractivity contribution in [1.82, 2.24) is 25.8 Å². The number of ether oxygens (including phenoxy) is 3.